The molecule has 0 fully saturated rings. The molecule has 1 amide bonds. The lowest BCUT2D eigenvalue weighted by atomic mass is 10.1. The number of halogens is 4. The smallest absolute Gasteiger partial charge is 0.241 e. The van der Waals surface area contributed by atoms with Crippen LogP contribution in [0.4, 0.5) is 18.9 Å². The second kappa shape index (κ2) is 7.81. The van der Waals surface area contributed by atoms with E-state index in [1.54, 1.807) is 24.9 Å². The molecule has 0 aliphatic heterocycles. The van der Waals surface area contributed by atoms with Crippen LogP contribution in [-0.2, 0) is 11.3 Å². The summed E-state index contributed by atoms with van der Waals surface area (Å²) in [6.07, 6.45) is 0. The molecule has 0 aromatic heterocycles. The van der Waals surface area contributed by atoms with Gasteiger partial charge in [-0.15, -0.1) is 0 Å². The molecule has 2 rings (SSSR count). The summed E-state index contributed by atoms with van der Waals surface area (Å²) in [6.45, 7) is 1.73. The van der Waals surface area contributed by atoms with Crippen molar-refractivity contribution in [2.75, 3.05) is 12.4 Å². The summed E-state index contributed by atoms with van der Waals surface area (Å²) in [6, 6.07) is 6.96. The van der Waals surface area contributed by atoms with Crippen LogP contribution in [-0.4, -0.2) is 23.9 Å². The number of likely N-dealkylation sites (N-methyl/N-ethyl adjacent to an activating group) is 1. The van der Waals surface area contributed by atoms with Crippen molar-refractivity contribution in [3.05, 3.63) is 63.9 Å². The molecular formula is C17H16BrF3N2O. The molecule has 2 aromatic rings. The van der Waals surface area contributed by atoms with Crippen molar-refractivity contribution >= 4 is 27.5 Å². The average Bonchev–Trinajstić information content (AvgIpc) is 2.51. The normalized spacial score (nSPS) is 12.3. The molecule has 1 atom stereocenters. The molecule has 0 saturated heterocycles. The molecule has 1 unspecified atom stereocenters. The lowest BCUT2D eigenvalue weighted by molar-refractivity contribution is -0.120. The number of carbonyl (C=O) groups excluding carboxylic acids is 1. The van der Waals surface area contributed by atoms with Gasteiger partial charge >= 0.3 is 0 Å². The van der Waals surface area contributed by atoms with Crippen molar-refractivity contribution in [3.8, 4) is 0 Å². The third-order valence-corrected chi connectivity index (χ3v) is 4.16. The van der Waals surface area contributed by atoms with Gasteiger partial charge < -0.3 is 5.32 Å². The summed E-state index contributed by atoms with van der Waals surface area (Å²) in [5.74, 6) is -2.32. The highest BCUT2D eigenvalue weighted by Gasteiger charge is 2.20. The number of amides is 1. The molecule has 0 bridgehead atoms. The van der Waals surface area contributed by atoms with Crippen molar-refractivity contribution in [2.24, 2.45) is 0 Å². The largest absolute Gasteiger partial charge is 0.322 e. The van der Waals surface area contributed by atoms with Crippen LogP contribution in [0.5, 0.6) is 0 Å². The molecule has 0 aliphatic carbocycles. The summed E-state index contributed by atoms with van der Waals surface area (Å²) >= 11 is 3.14. The zero-order valence-corrected chi connectivity index (χ0v) is 14.7. The zero-order chi connectivity index (χ0) is 17.9. The number of anilines is 1. The Hall–Kier alpha value is -1.86. The van der Waals surface area contributed by atoms with Crippen LogP contribution >= 0.6 is 15.9 Å². The van der Waals surface area contributed by atoms with Gasteiger partial charge in [0.15, 0.2) is 0 Å². The minimum atomic E-state index is -0.673. The van der Waals surface area contributed by atoms with E-state index in [9.17, 15) is 18.0 Å². The maximum absolute atomic E-state index is 13.8. The fourth-order valence-electron chi connectivity index (χ4n) is 2.08. The van der Waals surface area contributed by atoms with Gasteiger partial charge in [-0.25, -0.2) is 13.2 Å². The Kier molecular flexibility index (Phi) is 6.01. The highest BCUT2D eigenvalue weighted by Crippen LogP contribution is 2.20. The van der Waals surface area contributed by atoms with Gasteiger partial charge in [-0.1, -0.05) is 22.0 Å². The lowest BCUT2D eigenvalue weighted by Crippen LogP contribution is -2.39. The summed E-state index contributed by atoms with van der Waals surface area (Å²) in [5.41, 5.74) is 0.338. The molecule has 0 radical (unpaired) electrons. The number of hydrogen-bond acceptors (Lipinski definition) is 2. The monoisotopic (exact) mass is 400 g/mol. The van der Waals surface area contributed by atoms with E-state index in [2.05, 4.69) is 21.2 Å². The number of nitrogens with one attached hydrogen (secondary N) is 1. The molecule has 0 spiro atoms. The Labute approximate surface area is 146 Å². The summed E-state index contributed by atoms with van der Waals surface area (Å²) in [7, 11) is 1.63. The minimum absolute atomic E-state index is 0.0661. The van der Waals surface area contributed by atoms with Gasteiger partial charge in [0, 0.05) is 22.6 Å². The quantitative estimate of drug-likeness (QED) is 0.809. The predicted molar refractivity (Wildman–Crippen MR) is 90.0 cm³/mol. The van der Waals surface area contributed by atoms with Crippen LogP contribution in [0, 0.1) is 17.5 Å². The third kappa shape index (κ3) is 4.58. The Morgan fingerprint density at radius 1 is 1.17 bits per heavy atom. The number of carbonyl (C=O) groups is 1. The van der Waals surface area contributed by atoms with Crippen molar-refractivity contribution < 1.29 is 18.0 Å². The zero-order valence-electron chi connectivity index (χ0n) is 13.1. The molecule has 1 N–H and O–H groups in total. The standard InChI is InChI=1S/C17H16BrF3N2O/c1-10(17(24)22-16-6-4-12(18)7-15(16)21)23(2)9-11-3-5-13(19)8-14(11)20/h3-8,10H,9H2,1-2H3,(H,22,24). The molecule has 24 heavy (non-hydrogen) atoms. The van der Waals surface area contributed by atoms with Gasteiger partial charge in [-0.2, -0.15) is 0 Å². The van der Waals surface area contributed by atoms with E-state index in [4.69, 9.17) is 0 Å². The summed E-state index contributed by atoms with van der Waals surface area (Å²) < 4.78 is 40.9. The Morgan fingerprint density at radius 2 is 1.88 bits per heavy atom. The topological polar surface area (TPSA) is 32.3 Å². The first-order valence-corrected chi connectivity index (χ1v) is 7.97. The van der Waals surface area contributed by atoms with E-state index in [1.165, 1.54) is 18.2 Å². The number of nitrogens with zero attached hydrogens (tertiary/aromatic N) is 1. The van der Waals surface area contributed by atoms with E-state index >= 15 is 0 Å². The molecule has 0 heterocycles. The van der Waals surface area contributed by atoms with Gasteiger partial charge in [0.05, 0.1) is 11.7 Å². The summed E-state index contributed by atoms with van der Waals surface area (Å²) in [5, 5.41) is 2.50. The van der Waals surface area contributed by atoms with Gasteiger partial charge in [0.25, 0.3) is 0 Å². The first-order valence-electron chi connectivity index (χ1n) is 7.18. The highest BCUT2D eigenvalue weighted by atomic mass is 79.9. The van der Waals surface area contributed by atoms with Gasteiger partial charge in [-0.05, 0) is 38.2 Å². The van der Waals surface area contributed by atoms with Crippen molar-refractivity contribution in [2.45, 2.75) is 19.5 Å². The van der Waals surface area contributed by atoms with Gasteiger partial charge in [-0.3, -0.25) is 9.69 Å². The van der Waals surface area contributed by atoms with Crippen molar-refractivity contribution in [3.63, 3.8) is 0 Å². The van der Waals surface area contributed by atoms with Crippen LogP contribution in [0.1, 0.15) is 12.5 Å². The lowest BCUT2D eigenvalue weighted by Gasteiger charge is -2.24. The number of rotatable bonds is 5. The van der Waals surface area contributed by atoms with Crippen LogP contribution < -0.4 is 5.32 Å². The fraction of sp³-hybridized carbons (Fsp3) is 0.235. The van der Waals surface area contributed by atoms with Crippen LogP contribution in [0.25, 0.3) is 0 Å². The Bertz CT molecular complexity index is 755. The van der Waals surface area contributed by atoms with Gasteiger partial charge in [0.1, 0.15) is 17.5 Å². The van der Waals surface area contributed by atoms with Crippen molar-refractivity contribution in [1.29, 1.82) is 0 Å². The average molecular weight is 401 g/mol. The predicted octanol–water partition coefficient (Wildman–Crippen LogP) is 4.33. The maximum Gasteiger partial charge on any atom is 0.241 e. The molecule has 3 nitrogen and oxygen atoms in total. The Morgan fingerprint density at radius 3 is 2.50 bits per heavy atom. The maximum atomic E-state index is 13.8. The molecular weight excluding hydrogens is 385 g/mol. The first-order chi connectivity index (χ1) is 11.3. The van der Waals surface area contributed by atoms with E-state index in [1.807, 2.05) is 0 Å². The van der Waals surface area contributed by atoms with E-state index in [0.29, 0.717) is 4.47 Å². The second-order valence-electron chi connectivity index (χ2n) is 5.44. The molecule has 0 saturated carbocycles. The van der Waals surface area contributed by atoms with Crippen LogP contribution in [0.2, 0.25) is 0 Å². The summed E-state index contributed by atoms with van der Waals surface area (Å²) in [4.78, 5) is 13.8. The second-order valence-corrected chi connectivity index (χ2v) is 6.36. The molecule has 7 heteroatoms. The van der Waals surface area contributed by atoms with Crippen LogP contribution in [0.3, 0.4) is 0 Å². The number of benzene rings is 2. The minimum Gasteiger partial charge on any atom is -0.322 e. The Balaban J connectivity index is 2.03. The molecule has 0 aliphatic rings. The van der Waals surface area contributed by atoms with E-state index in [-0.39, 0.29) is 17.8 Å². The molecule has 128 valence electrons. The third-order valence-electron chi connectivity index (χ3n) is 3.66. The van der Waals surface area contributed by atoms with E-state index in [0.717, 1.165) is 12.1 Å². The first kappa shape index (κ1) is 18.5. The number of hydrogen-bond donors (Lipinski definition) is 1. The highest BCUT2D eigenvalue weighted by molar-refractivity contribution is 9.10. The van der Waals surface area contributed by atoms with Gasteiger partial charge in [0.2, 0.25) is 5.91 Å². The SMILES string of the molecule is CC(C(=O)Nc1ccc(Br)cc1F)N(C)Cc1ccc(F)cc1F. The molecule has 2 aromatic carbocycles. The van der Waals surface area contributed by atoms with Crippen molar-refractivity contribution in [1.82, 2.24) is 4.90 Å². The fourth-order valence-corrected chi connectivity index (χ4v) is 2.42. The van der Waals surface area contributed by atoms with E-state index < -0.39 is 29.4 Å². The van der Waals surface area contributed by atoms with Crippen LogP contribution in [0.15, 0.2) is 40.9 Å².